The number of carbonyl (C=O) groups excluding carboxylic acids is 1. The molecule has 0 fully saturated rings. The van der Waals surface area contributed by atoms with E-state index in [1.165, 1.54) is 11.3 Å². The molecule has 90 valence electrons. The molecule has 6 heteroatoms. The summed E-state index contributed by atoms with van der Waals surface area (Å²) >= 11 is 1.51. The van der Waals surface area contributed by atoms with Gasteiger partial charge in [-0.25, -0.2) is 0 Å². The molecule has 1 aromatic rings. The largest absolute Gasteiger partial charge is 0.405 e. The normalized spacial score (nSPS) is 11.5. The van der Waals surface area contributed by atoms with Crippen LogP contribution in [0.4, 0.5) is 13.2 Å². The number of hydrogen-bond acceptors (Lipinski definition) is 2. The summed E-state index contributed by atoms with van der Waals surface area (Å²) < 4.78 is 35.3. The van der Waals surface area contributed by atoms with Crippen molar-refractivity contribution in [2.45, 2.75) is 25.9 Å². The van der Waals surface area contributed by atoms with Gasteiger partial charge in [0.2, 0.25) is 5.91 Å². The minimum atomic E-state index is -4.34. The first-order valence-corrected chi connectivity index (χ1v) is 5.63. The van der Waals surface area contributed by atoms with Gasteiger partial charge in [0.15, 0.2) is 0 Å². The number of alkyl halides is 3. The Kier molecular flexibility index (Phi) is 4.35. The van der Waals surface area contributed by atoms with Crippen LogP contribution in [0.25, 0.3) is 0 Å². The quantitative estimate of drug-likeness (QED) is 0.875. The summed E-state index contributed by atoms with van der Waals surface area (Å²) in [6.07, 6.45) is -3.75. The standard InChI is InChI=1S/C10H12F3NOS/c1-7-4-5-16-8(7)2-3-9(15)14-6-10(11,12)13/h4-5H,2-3,6H2,1H3,(H,14,15). The lowest BCUT2D eigenvalue weighted by atomic mass is 10.2. The molecule has 0 aliphatic rings. The van der Waals surface area contributed by atoms with Crippen molar-refractivity contribution in [3.8, 4) is 0 Å². The molecule has 0 bridgehead atoms. The predicted molar refractivity (Wildman–Crippen MR) is 56.4 cm³/mol. The number of nitrogens with one attached hydrogen (secondary N) is 1. The Morgan fingerprint density at radius 1 is 1.50 bits per heavy atom. The summed E-state index contributed by atoms with van der Waals surface area (Å²) in [4.78, 5) is 12.1. The van der Waals surface area contributed by atoms with Gasteiger partial charge in [-0.1, -0.05) is 0 Å². The van der Waals surface area contributed by atoms with Crippen LogP contribution in [0, 0.1) is 6.92 Å². The Morgan fingerprint density at radius 2 is 2.19 bits per heavy atom. The van der Waals surface area contributed by atoms with Crippen LogP contribution in [0.3, 0.4) is 0 Å². The Labute approximate surface area is 95.5 Å². The van der Waals surface area contributed by atoms with Crippen molar-refractivity contribution >= 4 is 17.2 Å². The van der Waals surface area contributed by atoms with Crippen LogP contribution in [0.15, 0.2) is 11.4 Å². The van der Waals surface area contributed by atoms with Gasteiger partial charge in [-0.15, -0.1) is 11.3 Å². The molecule has 1 N–H and O–H groups in total. The smallest absolute Gasteiger partial charge is 0.347 e. The summed E-state index contributed by atoms with van der Waals surface area (Å²) in [5, 5.41) is 3.75. The van der Waals surface area contributed by atoms with Gasteiger partial charge in [0.25, 0.3) is 0 Å². The van der Waals surface area contributed by atoms with Gasteiger partial charge in [0, 0.05) is 11.3 Å². The second kappa shape index (κ2) is 5.34. The van der Waals surface area contributed by atoms with Crippen molar-refractivity contribution < 1.29 is 18.0 Å². The fourth-order valence-corrected chi connectivity index (χ4v) is 2.08. The third-order valence-corrected chi connectivity index (χ3v) is 3.12. The van der Waals surface area contributed by atoms with Crippen molar-refractivity contribution in [3.63, 3.8) is 0 Å². The summed E-state index contributed by atoms with van der Waals surface area (Å²) in [7, 11) is 0. The van der Waals surface area contributed by atoms with Gasteiger partial charge in [0.05, 0.1) is 0 Å². The number of amides is 1. The molecule has 0 radical (unpaired) electrons. The second-order valence-corrected chi connectivity index (χ2v) is 4.42. The highest BCUT2D eigenvalue weighted by atomic mass is 32.1. The maximum atomic E-state index is 11.8. The highest BCUT2D eigenvalue weighted by Crippen LogP contribution is 2.17. The number of carbonyl (C=O) groups is 1. The summed E-state index contributed by atoms with van der Waals surface area (Å²) in [5.41, 5.74) is 1.08. The first-order chi connectivity index (χ1) is 7.38. The molecule has 1 aromatic heterocycles. The van der Waals surface area contributed by atoms with Gasteiger partial charge in [-0.3, -0.25) is 4.79 Å². The maximum absolute atomic E-state index is 11.8. The number of aryl methyl sites for hydroxylation is 2. The van der Waals surface area contributed by atoms with Crippen molar-refractivity contribution in [2.75, 3.05) is 6.54 Å². The fraction of sp³-hybridized carbons (Fsp3) is 0.500. The van der Waals surface area contributed by atoms with Crippen LogP contribution in [-0.4, -0.2) is 18.6 Å². The average molecular weight is 251 g/mol. The van der Waals surface area contributed by atoms with E-state index in [1.807, 2.05) is 23.7 Å². The Hall–Kier alpha value is -1.04. The molecule has 1 rings (SSSR count). The highest BCUT2D eigenvalue weighted by Gasteiger charge is 2.27. The fourth-order valence-electron chi connectivity index (χ4n) is 1.17. The van der Waals surface area contributed by atoms with Gasteiger partial charge in [-0.2, -0.15) is 13.2 Å². The minimum absolute atomic E-state index is 0.0947. The molecule has 0 aromatic carbocycles. The number of rotatable bonds is 4. The minimum Gasteiger partial charge on any atom is -0.347 e. The van der Waals surface area contributed by atoms with Gasteiger partial charge < -0.3 is 5.32 Å². The van der Waals surface area contributed by atoms with E-state index < -0.39 is 18.6 Å². The van der Waals surface area contributed by atoms with Crippen LogP contribution in [-0.2, 0) is 11.2 Å². The lowest BCUT2D eigenvalue weighted by Crippen LogP contribution is -2.33. The third kappa shape index (κ3) is 4.65. The number of thiophene rings is 1. The SMILES string of the molecule is Cc1ccsc1CCC(=O)NCC(F)(F)F. The molecule has 0 unspecified atom stereocenters. The van der Waals surface area contributed by atoms with Crippen molar-refractivity contribution in [1.82, 2.24) is 5.32 Å². The lowest BCUT2D eigenvalue weighted by Gasteiger charge is -2.07. The Bertz CT molecular complexity index is 359. The molecular formula is C10H12F3NOS. The number of hydrogen-bond donors (Lipinski definition) is 1. The first-order valence-electron chi connectivity index (χ1n) is 4.75. The second-order valence-electron chi connectivity index (χ2n) is 3.42. The molecule has 0 atom stereocenters. The Balaban J connectivity index is 2.29. The van der Waals surface area contributed by atoms with Crippen LogP contribution in [0.2, 0.25) is 0 Å². The van der Waals surface area contributed by atoms with Gasteiger partial charge >= 0.3 is 6.18 Å². The van der Waals surface area contributed by atoms with E-state index in [0.717, 1.165) is 10.4 Å². The first kappa shape index (κ1) is 13.0. The van der Waals surface area contributed by atoms with Crippen LogP contribution in [0.5, 0.6) is 0 Å². The molecule has 0 saturated carbocycles. The average Bonchev–Trinajstić information content (AvgIpc) is 2.57. The van der Waals surface area contributed by atoms with Crippen molar-refractivity contribution in [1.29, 1.82) is 0 Å². The zero-order valence-corrected chi connectivity index (χ0v) is 9.54. The summed E-state index contributed by atoms with van der Waals surface area (Å²) in [6, 6.07) is 1.92. The van der Waals surface area contributed by atoms with Crippen molar-refractivity contribution in [3.05, 3.63) is 21.9 Å². The van der Waals surface area contributed by atoms with E-state index in [-0.39, 0.29) is 6.42 Å². The zero-order valence-electron chi connectivity index (χ0n) is 8.73. The molecule has 0 aliphatic carbocycles. The van der Waals surface area contributed by atoms with Gasteiger partial charge in [-0.05, 0) is 30.4 Å². The van der Waals surface area contributed by atoms with Crippen LogP contribution >= 0.6 is 11.3 Å². The monoisotopic (exact) mass is 251 g/mol. The van der Waals surface area contributed by atoms with E-state index in [4.69, 9.17) is 0 Å². The topological polar surface area (TPSA) is 29.1 Å². The van der Waals surface area contributed by atoms with Gasteiger partial charge in [0.1, 0.15) is 6.54 Å². The van der Waals surface area contributed by atoms with Crippen LogP contribution < -0.4 is 5.32 Å². The van der Waals surface area contributed by atoms with E-state index in [0.29, 0.717) is 6.42 Å². The predicted octanol–water partition coefficient (Wildman–Crippen LogP) is 2.67. The molecule has 16 heavy (non-hydrogen) atoms. The maximum Gasteiger partial charge on any atom is 0.405 e. The summed E-state index contributed by atoms with van der Waals surface area (Å²) in [5.74, 6) is -0.565. The molecule has 0 aliphatic heterocycles. The van der Waals surface area contributed by atoms with E-state index in [2.05, 4.69) is 0 Å². The number of halogens is 3. The van der Waals surface area contributed by atoms with E-state index in [1.54, 1.807) is 0 Å². The van der Waals surface area contributed by atoms with E-state index in [9.17, 15) is 18.0 Å². The molecular weight excluding hydrogens is 239 g/mol. The van der Waals surface area contributed by atoms with E-state index >= 15 is 0 Å². The highest BCUT2D eigenvalue weighted by molar-refractivity contribution is 7.10. The van der Waals surface area contributed by atoms with Crippen LogP contribution in [0.1, 0.15) is 16.9 Å². The van der Waals surface area contributed by atoms with Crippen molar-refractivity contribution in [2.24, 2.45) is 0 Å². The molecule has 0 spiro atoms. The molecule has 1 amide bonds. The molecule has 2 nitrogen and oxygen atoms in total. The molecule has 0 saturated heterocycles. The summed E-state index contributed by atoms with van der Waals surface area (Å²) in [6.45, 7) is 0.661. The zero-order chi connectivity index (χ0) is 12.2. The third-order valence-electron chi connectivity index (χ3n) is 2.03. The molecule has 1 heterocycles. The Morgan fingerprint density at radius 3 is 2.69 bits per heavy atom. The lowest BCUT2D eigenvalue weighted by molar-refractivity contribution is -0.138.